The van der Waals surface area contributed by atoms with E-state index in [1.807, 2.05) is 78.0 Å². The van der Waals surface area contributed by atoms with E-state index in [-0.39, 0.29) is 35.6 Å². The lowest BCUT2D eigenvalue weighted by molar-refractivity contribution is -0.141. The van der Waals surface area contributed by atoms with Crippen LogP contribution in [0.1, 0.15) is 74.3 Å². The molecule has 0 spiro atoms. The van der Waals surface area contributed by atoms with E-state index < -0.39 is 16.9 Å². The van der Waals surface area contributed by atoms with Crippen molar-refractivity contribution in [2.75, 3.05) is 14.1 Å². The Kier molecular flexibility index (Phi) is 10.7. The van der Waals surface area contributed by atoms with Gasteiger partial charge < -0.3 is 15.5 Å². The maximum absolute atomic E-state index is 13.8. The molecule has 1 rings (SSSR count). The van der Waals surface area contributed by atoms with Gasteiger partial charge in [0.05, 0.1) is 6.04 Å². The third-order valence-corrected chi connectivity index (χ3v) is 7.00. The van der Waals surface area contributed by atoms with Gasteiger partial charge in [0.25, 0.3) is 0 Å². The van der Waals surface area contributed by atoms with Crippen molar-refractivity contribution < 1.29 is 14.4 Å². The lowest BCUT2D eigenvalue weighted by Gasteiger charge is -2.39. The SMILES string of the molecule is CC[C@H](C(=O)N[C@H](C(=O)N(C)[C@H](/C=C(\C)C(=O)NC)C(C)C)C(C)(C)C)C(C)(C)c1ccccc1. The molecule has 196 valence electrons. The van der Waals surface area contributed by atoms with Gasteiger partial charge in [-0.05, 0) is 30.2 Å². The molecule has 0 fully saturated rings. The van der Waals surface area contributed by atoms with E-state index in [0.717, 1.165) is 5.56 Å². The molecule has 0 aliphatic rings. The number of hydrogen-bond acceptors (Lipinski definition) is 3. The fourth-order valence-corrected chi connectivity index (χ4v) is 4.61. The Hall–Kier alpha value is -2.63. The molecule has 0 unspecified atom stereocenters. The summed E-state index contributed by atoms with van der Waals surface area (Å²) in [5.74, 6) is -0.686. The maximum atomic E-state index is 13.8. The van der Waals surface area contributed by atoms with Crippen molar-refractivity contribution >= 4 is 17.7 Å². The van der Waals surface area contributed by atoms with Crippen molar-refractivity contribution in [2.24, 2.45) is 17.3 Å². The highest BCUT2D eigenvalue weighted by Gasteiger charge is 2.41. The Morgan fingerprint density at radius 1 is 1.03 bits per heavy atom. The summed E-state index contributed by atoms with van der Waals surface area (Å²) in [7, 11) is 3.34. The number of amides is 3. The summed E-state index contributed by atoms with van der Waals surface area (Å²) in [4.78, 5) is 41.2. The first-order valence-corrected chi connectivity index (χ1v) is 12.6. The van der Waals surface area contributed by atoms with E-state index in [2.05, 4.69) is 24.5 Å². The van der Waals surface area contributed by atoms with Crippen molar-refractivity contribution in [3.63, 3.8) is 0 Å². The zero-order chi connectivity index (χ0) is 27.1. The van der Waals surface area contributed by atoms with Crippen LogP contribution in [0.5, 0.6) is 0 Å². The Bertz CT molecular complexity index is 897. The molecule has 1 aromatic carbocycles. The van der Waals surface area contributed by atoms with Crippen LogP contribution in [-0.2, 0) is 19.8 Å². The highest BCUT2D eigenvalue weighted by atomic mass is 16.2. The Morgan fingerprint density at radius 2 is 1.57 bits per heavy atom. The van der Waals surface area contributed by atoms with Crippen LogP contribution in [0.3, 0.4) is 0 Å². The van der Waals surface area contributed by atoms with Gasteiger partial charge in [0, 0.05) is 31.0 Å². The Balaban J connectivity index is 3.29. The van der Waals surface area contributed by atoms with E-state index in [4.69, 9.17) is 0 Å². The summed E-state index contributed by atoms with van der Waals surface area (Å²) < 4.78 is 0. The van der Waals surface area contributed by atoms with Crippen molar-refractivity contribution in [1.82, 2.24) is 15.5 Å². The van der Waals surface area contributed by atoms with Gasteiger partial charge in [0.2, 0.25) is 17.7 Å². The molecule has 3 atom stereocenters. The number of nitrogens with zero attached hydrogens (tertiary/aromatic N) is 1. The molecule has 0 aliphatic heterocycles. The molecular weight excluding hydrogens is 438 g/mol. The van der Waals surface area contributed by atoms with Crippen molar-refractivity contribution in [3.05, 3.63) is 47.5 Å². The second-order valence-electron chi connectivity index (χ2n) is 11.5. The summed E-state index contributed by atoms with van der Waals surface area (Å²) in [6, 6.07) is 9.03. The van der Waals surface area contributed by atoms with Crippen LogP contribution in [0.15, 0.2) is 42.0 Å². The first-order valence-electron chi connectivity index (χ1n) is 12.6. The highest BCUT2D eigenvalue weighted by molar-refractivity contribution is 5.93. The lowest BCUT2D eigenvalue weighted by atomic mass is 9.71. The molecule has 2 N–H and O–H groups in total. The van der Waals surface area contributed by atoms with Crippen LogP contribution in [-0.4, -0.2) is 48.8 Å². The van der Waals surface area contributed by atoms with Crippen molar-refractivity contribution in [3.8, 4) is 0 Å². The maximum Gasteiger partial charge on any atom is 0.246 e. The Morgan fingerprint density at radius 3 is 2.00 bits per heavy atom. The van der Waals surface area contributed by atoms with Crippen LogP contribution < -0.4 is 10.6 Å². The Labute approximate surface area is 212 Å². The minimum Gasteiger partial charge on any atom is -0.355 e. The molecule has 0 aromatic heterocycles. The van der Waals surface area contributed by atoms with E-state index in [9.17, 15) is 14.4 Å². The largest absolute Gasteiger partial charge is 0.355 e. The van der Waals surface area contributed by atoms with Crippen LogP contribution in [0.4, 0.5) is 0 Å². The molecule has 35 heavy (non-hydrogen) atoms. The summed E-state index contributed by atoms with van der Waals surface area (Å²) in [6.07, 6.45) is 2.48. The third-order valence-electron chi connectivity index (χ3n) is 7.00. The summed E-state index contributed by atoms with van der Waals surface area (Å²) in [5, 5.41) is 5.74. The van der Waals surface area contributed by atoms with E-state index >= 15 is 0 Å². The predicted molar refractivity (Wildman–Crippen MR) is 144 cm³/mol. The number of benzene rings is 1. The smallest absolute Gasteiger partial charge is 0.246 e. The molecule has 6 heteroatoms. The van der Waals surface area contributed by atoms with Gasteiger partial charge in [-0.3, -0.25) is 14.4 Å². The van der Waals surface area contributed by atoms with Gasteiger partial charge in [-0.2, -0.15) is 0 Å². The molecule has 0 heterocycles. The molecule has 0 aliphatic carbocycles. The number of hydrogen-bond donors (Lipinski definition) is 2. The number of likely N-dealkylation sites (N-methyl/N-ethyl adjacent to an activating group) is 2. The number of carbonyl (C=O) groups is 3. The average molecular weight is 486 g/mol. The number of rotatable bonds is 10. The summed E-state index contributed by atoms with van der Waals surface area (Å²) >= 11 is 0. The first-order chi connectivity index (χ1) is 16.1. The monoisotopic (exact) mass is 485 g/mol. The molecule has 0 bridgehead atoms. The fourth-order valence-electron chi connectivity index (χ4n) is 4.61. The minimum absolute atomic E-state index is 0.0836. The molecular formula is C29H47N3O3. The topological polar surface area (TPSA) is 78.5 Å². The second-order valence-corrected chi connectivity index (χ2v) is 11.5. The van der Waals surface area contributed by atoms with Crippen LogP contribution >= 0.6 is 0 Å². The minimum atomic E-state index is -0.712. The molecule has 6 nitrogen and oxygen atoms in total. The van der Waals surface area contributed by atoms with Gasteiger partial charge in [0.15, 0.2) is 0 Å². The molecule has 1 aromatic rings. The summed E-state index contributed by atoms with van der Waals surface area (Å²) in [5.41, 5.74) is 0.744. The van der Waals surface area contributed by atoms with Gasteiger partial charge in [-0.1, -0.05) is 91.8 Å². The van der Waals surface area contributed by atoms with Gasteiger partial charge in [-0.15, -0.1) is 0 Å². The van der Waals surface area contributed by atoms with E-state index in [0.29, 0.717) is 12.0 Å². The number of carbonyl (C=O) groups excluding carboxylic acids is 3. The second kappa shape index (κ2) is 12.4. The van der Waals surface area contributed by atoms with E-state index in [1.54, 1.807) is 25.9 Å². The predicted octanol–water partition coefficient (Wildman–Crippen LogP) is 4.70. The zero-order valence-electron chi connectivity index (χ0n) is 23.7. The average Bonchev–Trinajstić information content (AvgIpc) is 2.79. The van der Waals surface area contributed by atoms with Crippen LogP contribution in [0.25, 0.3) is 0 Å². The van der Waals surface area contributed by atoms with Crippen LogP contribution in [0.2, 0.25) is 0 Å². The zero-order valence-corrected chi connectivity index (χ0v) is 23.7. The normalized spacial score (nSPS) is 15.3. The third kappa shape index (κ3) is 7.68. The van der Waals surface area contributed by atoms with Crippen LogP contribution in [0, 0.1) is 17.3 Å². The van der Waals surface area contributed by atoms with Crippen molar-refractivity contribution in [1.29, 1.82) is 0 Å². The molecule has 0 saturated carbocycles. The van der Waals surface area contributed by atoms with Gasteiger partial charge >= 0.3 is 0 Å². The fraction of sp³-hybridized carbons (Fsp3) is 0.621. The van der Waals surface area contributed by atoms with Crippen molar-refractivity contribution in [2.45, 2.75) is 86.2 Å². The first kappa shape index (κ1) is 30.4. The highest BCUT2D eigenvalue weighted by Crippen LogP contribution is 2.34. The lowest BCUT2D eigenvalue weighted by Crippen LogP contribution is -2.58. The standard InChI is InChI=1S/C29H47N3O3/c1-12-22(29(8,9)21-16-14-13-15-17-21)26(34)31-24(28(5,6)7)27(35)32(11)23(19(2)3)18-20(4)25(33)30-10/h13-19,22-24H,12H2,1-11H3,(H,30,33)(H,31,34)/b20-18+/t22-,23-,24-/m1/s1. The van der Waals surface area contributed by atoms with Gasteiger partial charge in [0.1, 0.15) is 6.04 Å². The summed E-state index contributed by atoms with van der Waals surface area (Å²) in [6.45, 7) is 17.8. The molecule has 3 amide bonds. The number of nitrogens with one attached hydrogen (secondary N) is 2. The van der Waals surface area contributed by atoms with E-state index in [1.165, 1.54) is 0 Å². The molecule has 0 saturated heterocycles. The van der Waals surface area contributed by atoms with Gasteiger partial charge in [-0.25, -0.2) is 0 Å². The quantitative estimate of drug-likeness (QED) is 0.472. The molecule has 0 radical (unpaired) electrons.